The highest BCUT2D eigenvalue weighted by molar-refractivity contribution is 8.01. The molecule has 2 aliphatic heterocycles. The highest BCUT2D eigenvalue weighted by atomic mass is 32.2. The number of hydrogen-bond donors (Lipinski definition) is 10. The third-order valence-electron chi connectivity index (χ3n) is 19.6. The van der Waals surface area contributed by atoms with Gasteiger partial charge in [-0.3, -0.25) is 57.6 Å². The van der Waals surface area contributed by atoms with Crippen molar-refractivity contribution in [3.05, 3.63) is 130 Å². The number of carbonyl (C=O) groups is 9. The number of anilines is 3. The van der Waals surface area contributed by atoms with Crippen molar-refractivity contribution in [3.63, 3.8) is 0 Å². The van der Waals surface area contributed by atoms with Crippen LogP contribution in [-0.4, -0.2) is 215 Å². The third-order valence-corrected chi connectivity index (χ3v) is 33.4. The van der Waals surface area contributed by atoms with Crippen LogP contribution < -0.4 is 47.8 Å². The van der Waals surface area contributed by atoms with Gasteiger partial charge in [0, 0.05) is 127 Å². The molecule has 40 heteroatoms. The average molecular weight is 1740 g/mol. The number of sulfone groups is 1. The average Bonchev–Trinajstić information content (AvgIpc) is 0.836. The van der Waals surface area contributed by atoms with Gasteiger partial charge in [0.25, 0.3) is 21.6 Å². The number of nitrogens with two attached hydrogens (primary N) is 2. The quantitative estimate of drug-likeness (QED) is 0.00341. The molecule has 0 radical (unpaired) electrons. The first kappa shape index (κ1) is 93.3. The van der Waals surface area contributed by atoms with E-state index in [2.05, 4.69) is 116 Å². The molecule has 9 rings (SSSR count). The molecule has 3 aliphatic rings. The number of rotatable bonds is 42. The maximum absolute atomic E-state index is 13.8. The summed E-state index contributed by atoms with van der Waals surface area (Å²) in [6, 6.07) is 19.5. The monoisotopic (exact) mass is 1740 g/mol. The summed E-state index contributed by atoms with van der Waals surface area (Å²) in [6.45, 7) is 22.3. The van der Waals surface area contributed by atoms with Crippen LogP contribution in [0, 0.1) is 11.8 Å². The van der Waals surface area contributed by atoms with Crippen molar-refractivity contribution in [2.75, 3.05) is 72.6 Å². The first-order valence-electron chi connectivity index (χ1n) is 38.3. The van der Waals surface area contributed by atoms with Crippen molar-refractivity contribution in [3.8, 4) is 22.5 Å². The standard InChI is InChI=1S/C42H58N4O7S3Si2.C36H42N10O13S/c1-10-15-24-57(6,7)53-58(8,9)30-54-42-43-28-31(29-44-42)22-23-55(47,48)34-18-21-37(40(27-34)56(49,50)51)41-35-19-16-32(45(11-2)12-3)25-38(35)52-39-26-33(17-20-36(39)41)46(13-4)14-5;1-46-26(49)11-25(33(46)55)60-15-18(34(56)57)9-24(48)23(12-37)43-31(53)17(10-27(50)51)8-21(47)6-7-22(35(58)59)42-30(52)16-2-4-19(5-3-16)39-13-20-14-40-29-28(41-20)32(54)45-36(38)44-29/h16-21,25-29H,10-15,22-24,30H2,1-9H3;2-5,14,17-18,22-23,25,39H,6-13,15,37H2,1H3,(H,42,52)(H,43,53)(H,50,51)(H,56,57)(H,58,59)(H3,38,40,44,45,54)/p+1/t;17-,18-,22-,23-,25?/m.0/s1. The Morgan fingerprint density at radius 3 is 2.09 bits per heavy atom. The summed E-state index contributed by atoms with van der Waals surface area (Å²) < 4.78 is 80.0. The van der Waals surface area contributed by atoms with Crippen LogP contribution in [0.15, 0.2) is 122 Å². The van der Waals surface area contributed by atoms with Crippen molar-refractivity contribution < 1.29 is 88.4 Å². The van der Waals surface area contributed by atoms with Gasteiger partial charge in [-0.05, 0) is 133 Å². The van der Waals surface area contributed by atoms with Crippen molar-refractivity contribution in [2.45, 2.75) is 163 Å². The van der Waals surface area contributed by atoms with Crippen LogP contribution in [0.1, 0.15) is 108 Å². The summed E-state index contributed by atoms with van der Waals surface area (Å²) in [5, 5.41) is 38.7. The number of carboxylic acids is 3. The Kier molecular flexibility index (Phi) is 32.8. The van der Waals surface area contributed by atoms with Gasteiger partial charge < -0.3 is 56.2 Å². The number of Topliss-reactive ketones (excluding diaryl/α,β-unsaturated/α-hetero) is 2. The number of fused-ring (bicyclic) bond motifs is 3. The van der Waals surface area contributed by atoms with Gasteiger partial charge in [-0.2, -0.15) is 13.4 Å². The minimum absolute atomic E-state index is 0.00749. The number of benzene rings is 4. The van der Waals surface area contributed by atoms with Gasteiger partial charge in [-0.25, -0.2) is 37.7 Å². The number of nitrogens with zero attached hydrogens (tertiary/aromatic N) is 8. The van der Waals surface area contributed by atoms with E-state index in [1.807, 2.05) is 36.4 Å². The number of amides is 4. The Bertz CT molecular complexity index is 5380. The lowest BCUT2D eigenvalue weighted by atomic mass is 9.93. The van der Waals surface area contributed by atoms with Gasteiger partial charge in [0.1, 0.15) is 41.2 Å². The number of hydrogen-bond acceptors (Lipinski definition) is 27. The summed E-state index contributed by atoms with van der Waals surface area (Å²) in [7, 11) is -11.3. The summed E-state index contributed by atoms with van der Waals surface area (Å²) in [5.74, 6) is -11.6. The van der Waals surface area contributed by atoms with Crippen molar-refractivity contribution in [1.82, 2.24) is 50.0 Å². The number of nitrogen functional groups attached to an aromatic ring is 1. The Balaban J connectivity index is 0.000000294. The number of unbranched alkanes of at least 4 members (excludes halogenated alkanes) is 1. The second-order valence-corrected chi connectivity index (χ2v) is 44.3. The molecule has 118 heavy (non-hydrogen) atoms. The zero-order chi connectivity index (χ0) is 86.7. The lowest BCUT2D eigenvalue weighted by Crippen LogP contribution is -2.49. The van der Waals surface area contributed by atoms with Crippen LogP contribution in [0.2, 0.25) is 32.2 Å². The predicted molar refractivity (Wildman–Crippen MR) is 452 cm³/mol. The third kappa shape index (κ3) is 25.4. The molecular weight excluding hydrogens is 1640 g/mol. The zero-order valence-electron chi connectivity index (χ0n) is 67.2. The lowest BCUT2D eigenvalue weighted by molar-refractivity contribution is -0.144. The first-order valence-corrected chi connectivity index (χ1v) is 49.7. The van der Waals surface area contributed by atoms with E-state index in [0.29, 0.717) is 50.0 Å². The molecule has 0 bridgehead atoms. The smallest absolute Gasteiger partial charge is 0.326 e. The molecule has 1 saturated heterocycles. The Morgan fingerprint density at radius 2 is 1.48 bits per heavy atom. The molecule has 4 amide bonds. The lowest BCUT2D eigenvalue weighted by Gasteiger charge is -2.33. The number of carboxylic acid groups (broad SMARTS) is 3. The number of ketones is 2. The molecule has 3 aromatic carbocycles. The molecule has 5 heterocycles. The number of aromatic amines is 1. The van der Waals surface area contributed by atoms with Crippen LogP contribution >= 0.6 is 23.5 Å². The molecule has 34 nitrogen and oxygen atoms in total. The fraction of sp³-hybridized carbons (Fsp3) is 0.436. The number of imide groups is 1. The van der Waals surface area contributed by atoms with Crippen molar-refractivity contribution >= 4 is 153 Å². The molecule has 0 spiro atoms. The second-order valence-electron chi connectivity index (χ2n) is 29.4. The minimum Gasteiger partial charge on any atom is -0.481 e. The van der Waals surface area contributed by atoms with Gasteiger partial charge in [0.15, 0.2) is 48.6 Å². The fourth-order valence-electron chi connectivity index (χ4n) is 13.3. The van der Waals surface area contributed by atoms with E-state index in [0.717, 1.165) is 77.8 Å². The summed E-state index contributed by atoms with van der Waals surface area (Å²) >= 11 is 2.46. The minimum atomic E-state index is -4.90. The fourth-order valence-corrected chi connectivity index (χ4v) is 27.2. The molecule has 1 aliphatic carbocycles. The van der Waals surface area contributed by atoms with Gasteiger partial charge in [-0.15, -0.1) is 11.8 Å². The number of aliphatic carboxylic acids is 3. The van der Waals surface area contributed by atoms with Gasteiger partial charge >= 0.3 is 17.9 Å². The molecule has 5 atom stereocenters. The molecule has 1 fully saturated rings. The van der Waals surface area contributed by atoms with Crippen molar-refractivity contribution in [1.29, 1.82) is 0 Å². The first-order chi connectivity index (χ1) is 55.7. The number of carbonyl (C=O) groups excluding carboxylic acids is 6. The number of thioether (sulfide) groups is 2. The molecule has 0 saturated carbocycles. The van der Waals surface area contributed by atoms with E-state index in [9.17, 15) is 84.7 Å². The molecule has 12 N–H and O–H groups in total. The Labute approximate surface area is 692 Å². The van der Waals surface area contributed by atoms with Gasteiger partial charge in [0.05, 0.1) is 64.7 Å². The van der Waals surface area contributed by atoms with E-state index in [1.54, 1.807) is 24.2 Å². The Hall–Kier alpha value is -10.2. The van der Waals surface area contributed by atoms with Crippen LogP contribution in [0.5, 0.6) is 0 Å². The van der Waals surface area contributed by atoms with E-state index < -0.39 is 168 Å². The number of H-pyrrole nitrogens is 1. The SMILES string of the molecule is CCCC[Si](C)(C)O[Si](C)(C)CSc1ncc(CCS(=O)(=O)c2ccc(-c3c4ccc(=[N+](CC)CC)cc-4oc4cc(N(CC)CC)ccc34)c(S(=O)(=O)O)c2)cn1.CN1C(=O)CC(SC[C@H](CC(=O)[C@H](CN)NC(=O)[C@H](CC(=O)O)CC(=O)CC[C@H](NC(=O)c2ccc(NCc3cnc4nc(N)[nH]c(=O)c4n3)cc2)C(=O)O)C(=O)O)C1=O. The zero-order valence-corrected chi connectivity index (χ0v) is 72.5. The summed E-state index contributed by atoms with van der Waals surface area (Å²) in [4.78, 5) is 150. The van der Waals surface area contributed by atoms with E-state index >= 15 is 0 Å². The molecule has 3 aromatic heterocycles. The Morgan fingerprint density at radius 1 is 0.797 bits per heavy atom. The van der Waals surface area contributed by atoms with Crippen LogP contribution in [-0.2, 0) is 75.4 Å². The highest BCUT2D eigenvalue weighted by Gasteiger charge is 2.39. The normalized spacial score (nSPS) is 14.3. The van der Waals surface area contributed by atoms with Crippen LogP contribution in [0.4, 0.5) is 17.3 Å². The van der Waals surface area contributed by atoms with Gasteiger partial charge in [-0.1, -0.05) is 37.6 Å². The summed E-state index contributed by atoms with van der Waals surface area (Å²) in [6.07, 6.45) is 3.95. The number of aryl methyl sites for hydroxylation is 1. The van der Waals surface area contributed by atoms with E-state index in [-0.39, 0.29) is 64.0 Å². The number of nitrogens with one attached hydrogen (secondary N) is 4. The maximum atomic E-state index is 13.8. The van der Waals surface area contributed by atoms with Gasteiger partial charge in [0.2, 0.25) is 29.0 Å². The number of likely N-dealkylation sites (tertiary alicyclic amines) is 1. The number of aromatic nitrogens is 6. The molecule has 6 aromatic rings. The molecule has 1 unspecified atom stereocenters. The second kappa shape index (κ2) is 41.5. The van der Waals surface area contributed by atoms with E-state index in [1.165, 1.54) is 56.1 Å². The summed E-state index contributed by atoms with van der Waals surface area (Å²) in [5.41, 5.74) is 15.1. The topological polar surface area (TPSA) is 520 Å². The van der Waals surface area contributed by atoms with E-state index in [4.69, 9.17) is 20.0 Å². The van der Waals surface area contributed by atoms with Crippen LogP contribution in [0.3, 0.4) is 0 Å². The maximum Gasteiger partial charge on any atom is 0.326 e. The van der Waals surface area contributed by atoms with Crippen LogP contribution in [0.25, 0.3) is 44.6 Å². The largest absolute Gasteiger partial charge is 0.481 e. The highest BCUT2D eigenvalue weighted by Crippen LogP contribution is 2.44. The van der Waals surface area contributed by atoms with Crippen molar-refractivity contribution in [2.24, 2.45) is 17.6 Å². The predicted octanol–water partition coefficient (Wildman–Crippen LogP) is 7.29. The molecule has 634 valence electrons. The molecular formula is C78H101N14O20S4Si2+.